The van der Waals surface area contributed by atoms with Crippen molar-refractivity contribution in [2.75, 3.05) is 37.3 Å². The normalized spacial score (nSPS) is 15.2. The fourth-order valence-electron chi connectivity index (χ4n) is 3.00. The molecule has 150 valence electrons. The van der Waals surface area contributed by atoms with E-state index in [-0.39, 0.29) is 5.91 Å². The molecule has 0 bridgehead atoms. The number of benzene rings is 2. The molecule has 0 aliphatic carbocycles. The summed E-state index contributed by atoms with van der Waals surface area (Å²) in [5.41, 5.74) is 3.00. The average Bonchev–Trinajstić information content (AvgIpc) is 2.67. The molecule has 0 atom stereocenters. The fourth-order valence-corrected chi connectivity index (χ4v) is 3.56. The van der Waals surface area contributed by atoms with Crippen LogP contribution in [0.3, 0.4) is 0 Å². The highest BCUT2D eigenvalue weighted by Gasteiger charge is 2.11. The Bertz CT molecular complexity index is 907. The second kappa shape index (κ2) is 9.18. The van der Waals surface area contributed by atoms with Gasteiger partial charge in [-0.15, -0.1) is 0 Å². The minimum absolute atomic E-state index is 0.255. The molecule has 1 aliphatic heterocycles. The number of nitrogens with one attached hydrogen (secondary N) is 2. The van der Waals surface area contributed by atoms with Gasteiger partial charge in [0.05, 0.1) is 19.5 Å². The monoisotopic (exact) mass is 403 g/mol. The molecule has 1 fully saturated rings. The van der Waals surface area contributed by atoms with Crippen LogP contribution in [-0.2, 0) is 27.8 Å². The lowest BCUT2D eigenvalue weighted by molar-refractivity contribution is 0.0342. The summed E-state index contributed by atoms with van der Waals surface area (Å²) in [4.78, 5) is 14.7. The Balaban J connectivity index is 1.53. The number of ether oxygens (including phenoxy) is 1. The Labute approximate surface area is 165 Å². The van der Waals surface area contributed by atoms with Crippen LogP contribution < -0.4 is 10.0 Å². The van der Waals surface area contributed by atoms with Crippen molar-refractivity contribution in [2.45, 2.75) is 13.1 Å². The molecule has 1 saturated heterocycles. The van der Waals surface area contributed by atoms with Gasteiger partial charge in [-0.05, 0) is 29.3 Å². The van der Waals surface area contributed by atoms with Crippen LogP contribution in [0.5, 0.6) is 0 Å². The zero-order valence-corrected chi connectivity index (χ0v) is 16.7. The van der Waals surface area contributed by atoms with Crippen molar-refractivity contribution < 1.29 is 17.9 Å². The van der Waals surface area contributed by atoms with Crippen molar-refractivity contribution in [3.63, 3.8) is 0 Å². The molecular formula is C20H25N3O4S. The molecule has 2 N–H and O–H groups in total. The number of hydrogen-bond donors (Lipinski definition) is 2. The van der Waals surface area contributed by atoms with Gasteiger partial charge in [-0.25, -0.2) is 8.42 Å². The highest BCUT2D eigenvalue weighted by molar-refractivity contribution is 7.92. The van der Waals surface area contributed by atoms with Gasteiger partial charge < -0.3 is 10.1 Å². The van der Waals surface area contributed by atoms with Crippen molar-refractivity contribution >= 4 is 21.6 Å². The molecule has 0 spiro atoms. The summed E-state index contributed by atoms with van der Waals surface area (Å²) >= 11 is 0. The topological polar surface area (TPSA) is 87.7 Å². The molecule has 1 amide bonds. The van der Waals surface area contributed by atoms with Crippen molar-refractivity contribution in [3.05, 3.63) is 65.2 Å². The van der Waals surface area contributed by atoms with Gasteiger partial charge in [-0.1, -0.05) is 30.3 Å². The third kappa shape index (κ3) is 6.33. The van der Waals surface area contributed by atoms with Gasteiger partial charge in [0, 0.05) is 37.4 Å². The van der Waals surface area contributed by atoms with E-state index in [9.17, 15) is 13.2 Å². The molecule has 0 aromatic heterocycles. The van der Waals surface area contributed by atoms with Crippen LogP contribution in [0.2, 0.25) is 0 Å². The zero-order chi connectivity index (χ0) is 20.0. The van der Waals surface area contributed by atoms with Crippen LogP contribution >= 0.6 is 0 Å². The van der Waals surface area contributed by atoms with Crippen molar-refractivity contribution in [3.8, 4) is 0 Å². The molecular weight excluding hydrogens is 378 g/mol. The van der Waals surface area contributed by atoms with Gasteiger partial charge in [0.1, 0.15) is 0 Å². The molecule has 8 heteroatoms. The van der Waals surface area contributed by atoms with Gasteiger partial charge in [0.25, 0.3) is 5.91 Å². The van der Waals surface area contributed by atoms with Gasteiger partial charge in [0.15, 0.2) is 0 Å². The van der Waals surface area contributed by atoms with Crippen LogP contribution in [0, 0.1) is 0 Å². The summed E-state index contributed by atoms with van der Waals surface area (Å²) in [5.74, 6) is -0.255. The van der Waals surface area contributed by atoms with Crippen LogP contribution in [0.25, 0.3) is 0 Å². The first-order valence-corrected chi connectivity index (χ1v) is 11.0. The lowest BCUT2D eigenvalue weighted by Gasteiger charge is -2.26. The van der Waals surface area contributed by atoms with Crippen molar-refractivity contribution in [2.24, 2.45) is 0 Å². The third-order valence-corrected chi connectivity index (χ3v) is 5.02. The lowest BCUT2D eigenvalue weighted by atomic mass is 10.1. The number of carbonyl (C=O) groups excluding carboxylic acids is 1. The highest BCUT2D eigenvalue weighted by Crippen LogP contribution is 2.13. The number of carbonyl (C=O) groups is 1. The number of rotatable bonds is 7. The fraction of sp³-hybridized carbons (Fsp3) is 0.350. The first-order valence-electron chi connectivity index (χ1n) is 9.13. The SMILES string of the molecule is CS(=O)(=O)Nc1cccc(C(=O)NCc2ccc(CN3CCOCC3)cc2)c1. The number of hydrogen-bond acceptors (Lipinski definition) is 5. The maximum Gasteiger partial charge on any atom is 0.251 e. The van der Waals surface area contributed by atoms with Crippen LogP contribution in [0.15, 0.2) is 48.5 Å². The van der Waals surface area contributed by atoms with E-state index in [0.717, 1.165) is 44.7 Å². The molecule has 2 aromatic rings. The predicted molar refractivity (Wildman–Crippen MR) is 109 cm³/mol. The van der Waals surface area contributed by atoms with E-state index in [2.05, 4.69) is 27.1 Å². The second-order valence-corrected chi connectivity index (χ2v) is 8.59. The standard InChI is InChI=1S/C20H25N3O4S/c1-28(25,26)22-19-4-2-3-18(13-19)20(24)21-14-16-5-7-17(8-6-16)15-23-9-11-27-12-10-23/h2-8,13,22H,9-12,14-15H2,1H3,(H,21,24). The molecule has 3 rings (SSSR count). The zero-order valence-electron chi connectivity index (χ0n) is 15.8. The van der Waals surface area contributed by atoms with E-state index < -0.39 is 10.0 Å². The van der Waals surface area contributed by atoms with E-state index in [1.165, 1.54) is 11.6 Å². The number of nitrogens with zero attached hydrogens (tertiary/aromatic N) is 1. The summed E-state index contributed by atoms with van der Waals surface area (Å²) < 4.78 is 30.4. The molecule has 2 aromatic carbocycles. The van der Waals surface area contributed by atoms with E-state index in [4.69, 9.17) is 4.74 Å². The molecule has 1 heterocycles. The minimum Gasteiger partial charge on any atom is -0.379 e. The van der Waals surface area contributed by atoms with Crippen LogP contribution in [0.4, 0.5) is 5.69 Å². The predicted octanol–water partition coefficient (Wildman–Crippen LogP) is 1.82. The van der Waals surface area contributed by atoms with Crippen molar-refractivity contribution in [1.82, 2.24) is 10.2 Å². The smallest absolute Gasteiger partial charge is 0.251 e. The second-order valence-electron chi connectivity index (χ2n) is 6.84. The van der Waals surface area contributed by atoms with Crippen LogP contribution in [0.1, 0.15) is 21.5 Å². The van der Waals surface area contributed by atoms with Crippen molar-refractivity contribution in [1.29, 1.82) is 0 Å². The Morgan fingerprint density at radius 2 is 1.75 bits per heavy atom. The number of anilines is 1. The van der Waals surface area contributed by atoms with E-state index in [1.54, 1.807) is 18.2 Å². The number of amides is 1. The Morgan fingerprint density at radius 1 is 1.07 bits per heavy atom. The lowest BCUT2D eigenvalue weighted by Crippen LogP contribution is -2.35. The van der Waals surface area contributed by atoms with E-state index in [1.807, 2.05) is 12.1 Å². The average molecular weight is 404 g/mol. The van der Waals surface area contributed by atoms with Gasteiger partial charge >= 0.3 is 0 Å². The first-order chi connectivity index (χ1) is 13.4. The van der Waals surface area contributed by atoms with Crippen LogP contribution in [-0.4, -0.2) is 51.8 Å². The molecule has 1 aliphatic rings. The molecule has 0 saturated carbocycles. The Kier molecular flexibility index (Phi) is 6.66. The summed E-state index contributed by atoms with van der Waals surface area (Å²) in [5, 5.41) is 2.86. The highest BCUT2D eigenvalue weighted by atomic mass is 32.2. The molecule has 7 nitrogen and oxygen atoms in total. The minimum atomic E-state index is -3.38. The molecule has 0 radical (unpaired) electrons. The van der Waals surface area contributed by atoms with E-state index >= 15 is 0 Å². The summed E-state index contributed by atoms with van der Waals surface area (Å²) in [6.45, 7) is 4.77. The van der Waals surface area contributed by atoms with Gasteiger partial charge in [0.2, 0.25) is 10.0 Å². The van der Waals surface area contributed by atoms with E-state index in [0.29, 0.717) is 17.8 Å². The van der Waals surface area contributed by atoms with Gasteiger partial charge in [-0.3, -0.25) is 14.4 Å². The third-order valence-electron chi connectivity index (χ3n) is 4.41. The molecule has 0 unspecified atom stereocenters. The first kappa shape index (κ1) is 20.3. The largest absolute Gasteiger partial charge is 0.379 e. The number of sulfonamides is 1. The Hall–Kier alpha value is -2.42. The molecule has 28 heavy (non-hydrogen) atoms. The van der Waals surface area contributed by atoms with Gasteiger partial charge in [-0.2, -0.15) is 0 Å². The number of morpholine rings is 1. The summed E-state index contributed by atoms with van der Waals surface area (Å²) in [6.07, 6.45) is 1.07. The summed E-state index contributed by atoms with van der Waals surface area (Å²) in [7, 11) is -3.38. The maximum atomic E-state index is 12.4. The maximum absolute atomic E-state index is 12.4. The summed E-state index contributed by atoms with van der Waals surface area (Å²) in [6, 6.07) is 14.6. The quantitative estimate of drug-likeness (QED) is 0.736. The Morgan fingerprint density at radius 3 is 2.43 bits per heavy atom.